The lowest BCUT2D eigenvalue weighted by Gasteiger charge is -2.08. The summed E-state index contributed by atoms with van der Waals surface area (Å²) < 4.78 is 25.3. The molecule has 0 N–H and O–H groups in total. The summed E-state index contributed by atoms with van der Waals surface area (Å²) in [5, 5.41) is 0. The van der Waals surface area contributed by atoms with Gasteiger partial charge in [0.25, 0.3) is 0 Å². The lowest BCUT2D eigenvalue weighted by molar-refractivity contribution is 0.0199. The summed E-state index contributed by atoms with van der Waals surface area (Å²) in [6.45, 7) is 12.7. The Balaban J connectivity index is 1.52. The molecule has 0 aliphatic carbocycles. The van der Waals surface area contributed by atoms with Crippen LogP contribution in [0.15, 0.2) is 72.2 Å². The largest absolute Gasteiger partial charge is 0.513 e. The van der Waals surface area contributed by atoms with Gasteiger partial charge in [-0.15, -0.1) is 0 Å². The summed E-state index contributed by atoms with van der Waals surface area (Å²) in [6.07, 6.45) is 2.56. The van der Waals surface area contributed by atoms with Crippen LogP contribution in [0.2, 0.25) is 0 Å². The number of ether oxygens (including phenoxy) is 5. The van der Waals surface area contributed by atoms with Crippen LogP contribution in [-0.4, -0.2) is 38.7 Å². The maximum absolute atomic E-state index is 11.7. The summed E-state index contributed by atoms with van der Waals surface area (Å²) in [6, 6.07) is 16.8. The number of carbonyl (C=O) groups is 2. The highest BCUT2D eigenvalue weighted by molar-refractivity contribution is 5.61. The zero-order chi connectivity index (χ0) is 28.6. The first kappa shape index (κ1) is 31.6. The van der Waals surface area contributed by atoms with E-state index in [2.05, 4.69) is 76.2 Å². The molecule has 0 bridgehead atoms. The molecule has 2 aromatic rings. The molecule has 2 aromatic carbocycles. The standard InChI is InChI=1S/C32H42O7/c1-23(2)29-11-7-27(8-12-29)19-25(5)21-38-31(33)36-17-15-35-16-18-37-32(34)39-22-26(6)20-28-9-13-30(14-10-28)24(3)4/h7-14,21-24H,15-20H2,1-6H3. The molecule has 7 nitrogen and oxygen atoms in total. The van der Waals surface area contributed by atoms with E-state index in [1.807, 2.05) is 13.8 Å². The highest BCUT2D eigenvalue weighted by Crippen LogP contribution is 2.17. The quantitative estimate of drug-likeness (QED) is 0.138. The van der Waals surface area contributed by atoms with Gasteiger partial charge in [0.15, 0.2) is 0 Å². The van der Waals surface area contributed by atoms with Crippen LogP contribution in [0.5, 0.6) is 0 Å². The highest BCUT2D eigenvalue weighted by Gasteiger charge is 2.06. The van der Waals surface area contributed by atoms with E-state index in [0.29, 0.717) is 24.7 Å². The van der Waals surface area contributed by atoms with Gasteiger partial charge in [0.1, 0.15) is 13.2 Å². The molecule has 0 aliphatic heterocycles. The van der Waals surface area contributed by atoms with Crippen LogP contribution >= 0.6 is 0 Å². The first-order valence-electron chi connectivity index (χ1n) is 13.4. The van der Waals surface area contributed by atoms with Gasteiger partial charge >= 0.3 is 12.3 Å². The molecule has 0 aromatic heterocycles. The minimum absolute atomic E-state index is 0.0207. The maximum atomic E-state index is 11.7. The van der Waals surface area contributed by atoms with Gasteiger partial charge in [-0.3, -0.25) is 0 Å². The fraction of sp³-hybridized carbons (Fsp3) is 0.438. The van der Waals surface area contributed by atoms with Crippen molar-refractivity contribution >= 4 is 12.3 Å². The van der Waals surface area contributed by atoms with E-state index in [0.717, 1.165) is 22.3 Å². The normalized spacial score (nSPS) is 12.0. The van der Waals surface area contributed by atoms with Gasteiger partial charge in [-0.2, -0.15) is 0 Å². The van der Waals surface area contributed by atoms with E-state index in [-0.39, 0.29) is 26.4 Å². The molecule has 0 amide bonds. The SMILES string of the molecule is CC(=COC(=O)OCCOCCOC(=O)OC=C(C)Cc1ccc(C(C)C)cc1)Cc1ccc(C(C)C)cc1. The summed E-state index contributed by atoms with van der Waals surface area (Å²) >= 11 is 0. The van der Waals surface area contributed by atoms with Crippen LogP contribution in [0.3, 0.4) is 0 Å². The molecule has 0 fully saturated rings. The van der Waals surface area contributed by atoms with E-state index in [4.69, 9.17) is 23.7 Å². The second kappa shape index (κ2) is 17.1. The number of allylic oxidation sites excluding steroid dienone is 2. The molecule has 0 heterocycles. The topological polar surface area (TPSA) is 80.3 Å². The minimum Gasteiger partial charge on any atom is -0.432 e. The van der Waals surface area contributed by atoms with Crippen LogP contribution in [-0.2, 0) is 36.5 Å². The van der Waals surface area contributed by atoms with E-state index in [1.165, 1.54) is 23.7 Å². The molecule has 212 valence electrons. The predicted molar refractivity (Wildman–Crippen MR) is 152 cm³/mol. The van der Waals surface area contributed by atoms with Gasteiger partial charge in [0.2, 0.25) is 0 Å². The number of hydrogen-bond donors (Lipinski definition) is 0. The highest BCUT2D eigenvalue weighted by atomic mass is 16.7. The van der Waals surface area contributed by atoms with Crippen molar-refractivity contribution in [2.24, 2.45) is 0 Å². The van der Waals surface area contributed by atoms with E-state index >= 15 is 0 Å². The number of carbonyl (C=O) groups excluding carboxylic acids is 2. The van der Waals surface area contributed by atoms with Crippen molar-refractivity contribution in [3.05, 3.63) is 94.5 Å². The second-order valence-electron chi connectivity index (χ2n) is 10.1. The molecule has 0 saturated carbocycles. The second-order valence-corrected chi connectivity index (χ2v) is 10.1. The van der Waals surface area contributed by atoms with Crippen molar-refractivity contribution in [1.29, 1.82) is 0 Å². The number of benzene rings is 2. The minimum atomic E-state index is -0.800. The van der Waals surface area contributed by atoms with Crippen molar-refractivity contribution in [3.63, 3.8) is 0 Å². The van der Waals surface area contributed by atoms with Crippen molar-refractivity contribution in [2.45, 2.75) is 66.2 Å². The zero-order valence-electron chi connectivity index (χ0n) is 24.0. The summed E-state index contributed by atoms with van der Waals surface area (Å²) in [5.41, 5.74) is 6.66. The maximum Gasteiger partial charge on any atom is 0.513 e. The third kappa shape index (κ3) is 13.2. The van der Waals surface area contributed by atoms with Crippen molar-refractivity contribution < 1.29 is 33.3 Å². The van der Waals surface area contributed by atoms with E-state index in [9.17, 15) is 9.59 Å². The van der Waals surface area contributed by atoms with Gasteiger partial charge < -0.3 is 23.7 Å². The Morgan fingerprint density at radius 1 is 0.615 bits per heavy atom. The average molecular weight is 539 g/mol. The predicted octanol–water partition coefficient (Wildman–Crippen LogP) is 7.85. The fourth-order valence-electron chi connectivity index (χ4n) is 3.60. The van der Waals surface area contributed by atoms with Crippen LogP contribution in [0.25, 0.3) is 0 Å². The molecule has 7 heteroatoms. The van der Waals surface area contributed by atoms with Gasteiger partial charge in [0.05, 0.1) is 25.7 Å². The zero-order valence-corrected chi connectivity index (χ0v) is 24.0. The third-order valence-electron chi connectivity index (χ3n) is 5.87. The van der Waals surface area contributed by atoms with Gasteiger partial charge in [-0.1, -0.05) is 76.2 Å². The molecule has 0 radical (unpaired) electrons. The smallest absolute Gasteiger partial charge is 0.432 e. The molecule has 0 atom stereocenters. The molecule has 2 rings (SSSR count). The summed E-state index contributed by atoms with van der Waals surface area (Å²) in [5.74, 6) is 0.977. The van der Waals surface area contributed by atoms with E-state index < -0.39 is 12.3 Å². The molecular weight excluding hydrogens is 496 g/mol. The lowest BCUT2D eigenvalue weighted by atomic mass is 9.99. The number of hydrogen-bond acceptors (Lipinski definition) is 7. The van der Waals surface area contributed by atoms with Crippen molar-refractivity contribution in [2.75, 3.05) is 26.4 Å². The molecule has 0 aliphatic rings. The first-order valence-corrected chi connectivity index (χ1v) is 13.4. The number of rotatable bonds is 14. The Kier molecular flexibility index (Phi) is 13.9. The first-order chi connectivity index (χ1) is 18.6. The van der Waals surface area contributed by atoms with Crippen LogP contribution in [0, 0.1) is 0 Å². The summed E-state index contributed by atoms with van der Waals surface area (Å²) in [7, 11) is 0. The van der Waals surface area contributed by atoms with Crippen LogP contribution < -0.4 is 0 Å². The lowest BCUT2D eigenvalue weighted by Crippen LogP contribution is -2.14. The van der Waals surface area contributed by atoms with Gasteiger partial charge in [-0.25, -0.2) is 9.59 Å². The fourth-order valence-corrected chi connectivity index (χ4v) is 3.60. The van der Waals surface area contributed by atoms with Crippen LogP contribution in [0.4, 0.5) is 9.59 Å². The van der Waals surface area contributed by atoms with Crippen molar-refractivity contribution in [1.82, 2.24) is 0 Å². The van der Waals surface area contributed by atoms with Gasteiger partial charge in [-0.05, 0) is 71.9 Å². The third-order valence-corrected chi connectivity index (χ3v) is 5.87. The van der Waals surface area contributed by atoms with Crippen LogP contribution in [0.1, 0.15) is 75.6 Å². The monoisotopic (exact) mass is 538 g/mol. The molecule has 0 saturated heterocycles. The Morgan fingerprint density at radius 2 is 0.974 bits per heavy atom. The van der Waals surface area contributed by atoms with Gasteiger partial charge in [0, 0.05) is 0 Å². The molecule has 39 heavy (non-hydrogen) atoms. The molecule has 0 unspecified atom stereocenters. The summed E-state index contributed by atoms with van der Waals surface area (Å²) in [4.78, 5) is 23.5. The van der Waals surface area contributed by atoms with E-state index in [1.54, 1.807) is 0 Å². The Labute approximate surface area is 232 Å². The Bertz CT molecular complexity index is 993. The Hall–Kier alpha value is -3.58. The van der Waals surface area contributed by atoms with Crippen molar-refractivity contribution in [3.8, 4) is 0 Å². The molecular formula is C32H42O7. The molecule has 0 spiro atoms. The Morgan fingerprint density at radius 3 is 1.31 bits per heavy atom. The average Bonchev–Trinajstić information content (AvgIpc) is 2.90.